The Hall–Kier alpha value is -1.02. The fourth-order valence-electron chi connectivity index (χ4n) is 2.62. The maximum atomic E-state index is 3.62. The van der Waals surface area contributed by atoms with E-state index in [-0.39, 0.29) is 0 Å². The van der Waals surface area contributed by atoms with Crippen LogP contribution in [0.2, 0.25) is 0 Å². The van der Waals surface area contributed by atoms with Gasteiger partial charge in [0.25, 0.3) is 0 Å². The lowest BCUT2D eigenvalue weighted by molar-refractivity contribution is 0.376. The first-order valence-electron chi connectivity index (χ1n) is 7.51. The molecule has 0 saturated heterocycles. The van der Waals surface area contributed by atoms with Crippen LogP contribution < -0.4 is 10.2 Å². The number of rotatable bonds is 7. The first kappa shape index (κ1) is 16.0. The van der Waals surface area contributed by atoms with Gasteiger partial charge in [-0.25, -0.2) is 0 Å². The van der Waals surface area contributed by atoms with Crippen LogP contribution in [-0.2, 0) is 0 Å². The van der Waals surface area contributed by atoms with Crippen molar-refractivity contribution in [2.75, 3.05) is 25.0 Å². The van der Waals surface area contributed by atoms with Crippen LogP contribution in [0, 0.1) is 19.8 Å². The van der Waals surface area contributed by atoms with Gasteiger partial charge in [-0.05, 0) is 37.9 Å². The molecular formula is C17H30N2. The van der Waals surface area contributed by atoms with E-state index in [1.165, 1.54) is 23.2 Å². The Labute approximate surface area is 119 Å². The van der Waals surface area contributed by atoms with Crippen LogP contribution in [0.1, 0.15) is 38.3 Å². The second kappa shape index (κ2) is 7.54. The molecule has 0 spiro atoms. The predicted octanol–water partition coefficient (Wildman–Crippen LogP) is 3.76. The highest BCUT2D eigenvalue weighted by Crippen LogP contribution is 2.21. The first-order valence-corrected chi connectivity index (χ1v) is 7.51. The highest BCUT2D eigenvalue weighted by atomic mass is 15.1. The minimum absolute atomic E-state index is 0.556. The van der Waals surface area contributed by atoms with Crippen LogP contribution in [0.5, 0.6) is 0 Å². The molecule has 0 aromatic heterocycles. The summed E-state index contributed by atoms with van der Waals surface area (Å²) in [5.41, 5.74) is 4.04. The third-order valence-electron chi connectivity index (χ3n) is 4.03. The van der Waals surface area contributed by atoms with Crippen molar-refractivity contribution in [3.63, 3.8) is 0 Å². The highest BCUT2D eigenvalue weighted by Gasteiger charge is 2.17. The Morgan fingerprint density at radius 3 is 2.42 bits per heavy atom. The number of nitrogens with zero attached hydrogens (tertiary/aromatic N) is 1. The monoisotopic (exact) mass is 262 g/mol. The Bertz CT molecular complexity index is 387. The van der Waals surface area contributed by atoms with Gasteiger partial charge in [-0.2, -0.15) is 0 Å². The van der Waals surface area contributed by atoms with E-state index >= 15 is 0 Å². The fraction of sp³-hybridized carbons (Fsp3) is 0.647. The normalized spacial score (nSPS) is 14.2. The minimum atomic E-state index is 0.556. The molecule has 2 nitrogen and oxygen atoms in total. The maximum absolute atomic E-state index is 3.62. The summed E-state index contributed by atoms with van der Waals surface area (Å²) in [6, 6.07) is 7.26. The smallest absolute Gasteiger partial charge is 0.0394 e. The van der Waals surface area contributed by atoms with Gasteiger partial charge >= 0.3 is 0 Å². The van der Waals surface area contributed by atoms with E-state index in [0.29, 0.717) is 12.0 Å². The van der Waals surface area contributed by atoms with E-state index < -0.39 is 0 Å². The van der Waals surface area contributed by atoms with Crippen molar-refractivity contribution in [3.05, 3.63) is 29.3 Å². The lowest BCUT2D eigenvalue weighted by Crippen LogP contribution is -2.43. The molecule has 0 saturated carbocycles. The van der Waals surface area contributed by atoms with Crippen molar-refractivity contribution in [1.29, 1.82) is 0 Å². The molecule has 19 heavy (non-hydrogen) atoms. The zero-order valence-corrected chi connectivity index (χ0v) is 13.5. The highest BCUT2D eigenvalue weighted by molar-refractivity contribution is 5.53. The molecule has 0 aliphatic carbocycles. The number of benzene rings is 1. The predicted molar refractivity (Wildman–Crippen MR) is 86.1 cm³/mol. The van der Waals surface area contributed by atoms with Gasteiger partial charge in [0.2, 0.25) is 0 Å². The van der Waals surface area contributed by atoms with Crippen molar-refractivity contribution in [2.45, 2.75) is 47.1 Å². The minimum Gasteiger partial charge on any atom is -0.373 e. The van der Waals surface area contributed by atoms with Crippen LogP contribution in [0.3, 0.4) is 0 Å². The zero-order chi connectivity index (χ0) is 14.4. The third kappa shape index (κ3) is 4.54. The lowest BCUT2D eigenvalue weighted by Gasteiger charge is -2.31. The Morgan fingerprint density at radius 1 is 1.21 bits per heavy atom. The standard InChI is InChI=1S/C17H30N2/c1-7-14(4)16(18-8-2)12-19(6)17-10-9-13(3)11-15(17)5/h9-11,14,16,18H,7-8,12H2,1-6H3. The van der Waals surface area contributed by atoms with Crippen LogP contribution >= 0.6 is 0 Å². The summed E-state index contributed by atoms with van der Waals surface area (Å²) in [5.74, 6) is 0.702. The number of nitrogens with one attached hydrogen (secondary N) is 1. The molecule has 108 valence electrons. The molecule has 1 N–H and O–H groups in total. The van der Waals surface area contributed by atoms with E-state index in [1.54, 1.807) is 0 Å². The molecule has 2 heteroatoms. The molecule has 1 aromatic carbocycles. The van der Waals surface area contributed by atoms with Gasteiger partial charge in [0, 0.05) is 25.3 Å². The molecule has 2 unspecified atom stereocenters. The Balaban J connectivity index is 2.78. The number of hydrogen-bond acceptors (Lipinski definition) is 2. The van der Waals surface area contributed by atoms with E-state index in [0.717, 1.165) is 13.1 Å². The van der Waals surface area contributed by atoms with Crippen molar-refractivity contribution < 1.29 is 0 Å². The molecule has 0 aliphatic heterocycles. The average Bonchev–Trinajstić information content (AvgIpc) is 2.37. The second-order valence-corrected chi connectivity index (χ2v) is 5.72. The Morgan fingerprint density at radius 2 is 1.89 bits per heavy atom. The van der Waals surface area contributed by atoms with Gasteiger partial charge in [-0.15, -0.1) is 0 Å². The number of hydrogen-bond donors (Lipinski definition) is 1. The quantitative estimate of drug-likeness (QED) is 0.805. The van der Waals surface area contributed by atoms with Crippen molar-refractivity contribution >= 4 is 5.69 Å². The number of likely N-dealkylation sites (N-methyl/N-ethyl adjacent to an activating group) is 2. The molecule has 0 radical (unpaired) electrons. The van der Waals surface area contributed by atoms with E-state index in [2.05, 4.69) is 70.1 Å². The molecular weight excluding hydrogens is 232 g/mol. The van der Waals surface area contributed by atoms with Gasteiger partial charge in [0.05, 0.1) is 0 Å². The molecule has 1 rings (SSSR count). The summed E-state index contributed by atoms with van der Waals surface area (Å²) in [7, 11) is 2.20. The molecule has 0 aliphatic rings. The van der Waals surface area contributed by atoms with E-state index in [1.807, 2.05) is 0 Å². The largest absolute Gasteiger partial charge is 0.373 e. The van der Waals surface area contributed by atoms with Crippen LogP contribution in [0.25, 0.3) is 0 Å². The average molecular weight is 262 g/mol. The third-order valence-corrected chi connectivity index (χ3v) is 4.03. The van der Waals surface area contributed by atoms with Gasteiger partial charge in [0.1, 0.15) is 0 Å². The molecule has 2 atom stereocenters. The summed E-state index contributed by atoms with van der Waals surface area (Å²) in [6.45, 7) is 13.2. The van der Waals surface area contributed by atoms with Crippen LogP contribution in [-0.4, -0.2) is 26.2 Å². The Kier molecular flexibility index (Phi) is 6.36. The van der Waals surface area contributed by atoms with Crippen molar-refractivity contribution in [3.8, 4) is 0 Å². The molecule has 1 aromatic rings. The lowest BCUT2D eigenvalue weighted by atomic mass is 9.98. The zero-order valence-electron chi connectivity index (χ0n) is 13.5. The summed E-state index contributed by atoms with van der Waals surface area (Å²) in [5, 5.41) is 3.62. The summed E-state index contributed by atoms with van der Waals surface area (Å²) < 4.78 is 0. The molecule has 0 amide bonds. The van der Waals surface area contributed by atoms with Gasteiger partial charge in [-0.3, -0.25) is 0 Å². The second-order valence-electron chi connectivity index (χ2n) is 5.72. The number of aryl methyl sites for hydroxylation is 2. The van der Waals surface area contributed by atoms with Crippen LogP contribution in [0.15, 0.2) is 18.2 Å². The topological polar surface area (TPSA) is 15.3 Å². The maximum Gasteiger partial charge on any atom is 0.0394 e. The van der Waals surface area contributed by atoms with E-state index in [9.17, 15) is 0 Å². The molecule has 0 fully saturated rings. The van der Waals surface area contributed by atoms with Gasteiger partial charge in [0.15, 0.2) is 0 Å². The van der Waals surface area contributed by atoms with Crippen molar-refractivity contribution in [1.82, 2.24) is 5.32 Å². The van der Waals surface area contributed by atoms with Gasteiger partial charge < -0.3 is 10.2 Å². The van der Waals surface area contributed by atoms with Crippen molar-refractivity contribution in [2.24, 2.45) is 5.92 Å². The first-order chi connectivity index (χ1) is 8.99. The van der Waals surface area contributed by atoms with Crippen LogP contribution in [0.4, 0.5) is 5.69 Å². The molecule has 0 bridgehead atoms. The summed E-state index contributed by atoms with van der Waals surface area (Å²) in [4.78, 5) is 2.38. The SMILES string of the molecule is CCNC(CN(C)c1ccc(C)cc1C)C(C)CC. The molecule has 0 heterocycles. The fourth-order valence-corrected chi connectivity index (χ4v) is 2.62. The summed E-state index contributed by atoms with van der Waals surface area (Å²) in [6.07, 6.45) is 1.22. The van der Waals surface area contributed by atoms with Gasteiger partial charge in [-0.1, -0.05) is 44.9 Å². The van der Waals surface area contributed by atoms with E-state index in [4.69, 9.17) is 0 Å². The number of anilines is 1. The summed E-state index contributed by atoms with van der Waals surface area (Å²) >= 11 is 0.